The lowest BCUT2D eigenvalue weighted by molar-refractivity contribution is -0.123. The summed E-state index contributed by atoms with van der Waals surface area (Å²) in [5.41, 5.74) is 12.0. The zero-order chi connectivity index (χ0) is 9.19. The molecule has 12 heavy (non-hydrogen) atoms. The molecule has 0 saturated carbocycles. The van der Waals surface area contributed by atoms with Gasteiger partial charge in [0.25, 0.3) is 0 Å². The Kier molecular flexibility index (Phi) is 2.15. The first-order chi connectivity index (χ1) is 5.55. The first kappa shape index (κ1) is 8.74. The maximum absolute atomic E-state index is 10.9. The second-order valence-corrected chi connectivity index (χ2v) is 2.86. The Morgan fingerprint density at radius 3 is 2.33 bits per heavy atom. The third-order valence-corrected chi connectivity index (χ3v) is 1.84. The highest BCUT2D eigenvalue weighted by atomic mass is 16.1. The van der Waals surface area contributed by atoms with Gasteiger partial charge in [-0.2, -0.15) is 0 Å². The van der Waals surface area contributed by atoms with Gasteiger partial charge in [0, 0.05) is 0 Å². The summed E-state index contributed by atoms with van der Waals surface area (Å²) >= 11 is 0. The van der Waals surface area contributed by atoms with E-state index in [-0.39, 0.29) is 0 Å². The maximum atomic E-state index is 10.9. The summed E-state index contributed by atoms with van der Waals surface area (Å²) in [7, 11) is 0. The van der Waals surface area contributed by atoms with E-state index in [0.29, 0.717) is 5.56 Å². The van der Waals surface area contributed by atoms with E-state index in [4.69, 9.17) is 11.5 Å². The first-order valence-corrected chi connectivity index (χ1v) is 3.65. The smallest absolute Gasteiger partial charge is 0.243 e. The summed E-state index contributed by atoms with van der Waals surface area (Å²) < 4.78 is 0. The van der Waals surface area contributed by atoms with Gasteiger partial charge in [0.15, 0.2) is 0 Å². The zero-order valence-electron chi connectivity index (χ0n) is 6.87. The number of hydrogen-bond donors (Lipinski definition) is 1. The van der Waals surface area contributed by atoms with Gasteiger partial charge in [-0.15, -0.1) is 0 Å². The first-order valence-electron chi connectivity index (χ1n) is 3.65. The largest absolute Gasteiger partial charge is 0.368 e. The second kappa shape index (κ2) is 2.95. The lowest BCUT2D eigenvalue weighted by Gasteiger charge is -2.19. The molecule has 1 amide bonds. The molecule has 3 heteroatoms. The van der Waals surface area contributed by atoms with Gasteiger partial charge in [-0.25, -0.2) is 5.73 Å². The topological polar surface area (TPSA) is 66.9 Å². The molecule has 0 fully saturated rings. The molecule has 3 N–H and O–H groups in total. The fraction of sp³-hybridized carbons (Fsp3) is 0.222. The van der Waals surface area contributed by atoms with Gasteiger partial charge in [0.2, 0.25) is 5.91 Å². The number of carbonyl (C=O) groups excluding carboxylic acids is 1. The van der Waals surface area contributed by atoms with Crippen molar-refractivity contribution in [2.75, 3.05) is 0 Å². The van der Waals surface area contributed by atoms with Crippen LogP contribution in [0.2, 0.25) is 0 Å². The third kappa shape index (κ3) is 1.46. The molecule has 0 saturated heterocycles. The molecule has 1 aromatic rings. The molecule has 3 nitrogen and oxygen atoms in total. The van der Waals surface area contributed by atoms with Crippen LogP contribution in [0.25, 0.3) is 0 Å². The lowest BCUT2D eigenvalue weighted by Crippen LogP contribution is -2.39. The van der Waals surface area contributed by atoms with E-state index in [2.05, 4.69) is 0 Å². The number of benzene rings is 1. The van der Waals surface area contributed by atoms with Gasteiger partial charge < -0.3 is 5.73 Å². The molecule has 0 heterocycles. The lowest BCUT2D eigenvalue weighted by atomic mass is 9.93. The molecular weight excluding hydrogens is 152 g/mol. The average molecular weight is 163 g/mol. The molecule has 0 aliphatic carbocycles. The van der Waals surface area contributed by atoms with Crippen molar-refractivity contribution in [2.45, 2.75) is 12.5 Å². The number of hydrogen-bond acceptors (Lipinski definition) is 1. The Labute approximate surface area is 71.4 Å². The van der Waals surface area contributed by atoms with E-state index >= 15 is 0 Å². The van der Waals surface area contributed by atoms with E-state index < -0.39 is 11.4 Å². The Bertz CT molecular complexity index is 280. The van der Waals surface area contributed by atoms with Crippen LogP contribution in [0.15, 0.2) is 30.3 Å². The van der Waals surface area contributed by atoms with Crippen molar-refractivity contribution in [2.24, 2.45) is 5.73 Å². The van der Waals surface area contributed by atoms with Gasteiger partial charge in [-0.05, 0) is 12.5 Å². The van der Waals surface area contributed by atoms with E-state index in [9.17, 15) is 4.79 Å². The third-order valence-electron chi connectivity index (χ3n) is 1.84. The fourth-order valence-electron chi connectivity index (χ4n) is 0.914. The van der Waals surface area contributed by atoms with Crippen LogP contribution < -0.4 is 11.5 Å². The summed E-state index contributed by atoms with van der Waals surface area (Å²) in [6.07, 6.45) is 0. The SMILES string of the molecule is CC([NH])(C(N)=O)c1ccccc1. The summed E-state index contributed by atoms with van der Waals surface area (Å²) in [6, 6.07) is 8.84. The van der Waals surface area contributed by atoms with Crippen LogP contribution in [0.5, 0.6) is 0 Å². The Balaban J connectivity index is 3.06. The van der Waals surface area contributed by atoms with Crippen LogP contribution in [0, 0.1) is 0 Å². The van der Waals surface area contributed by atoms with Crippen molar-refractivity contribution in [1.29, 1.82) is 0 Å². The van der Waals surface area contributed by atoms with Crippen LogP contribution in [0.3, 0.4) is 0 Å². The highest BCUT2D eigenvalue weighted by Crippen LogP contribution is 2.17. The molecule has 0 aliphatic rings. The summed E-state index contributed by atoms with van der Waals surface area (Å²) in [6.45, 7) is 1.49. The Morgan fingerprint density at radius 1 is 1.42 bits per heavy atom. The molecule has 63 valence electrons. The molecule has 1 unspecified atom stereocenters. The van der Waals surface area contributed by atoms with E-state index in [0.717, 1.165) is 0 Å². The van der Waals surface area contributed by atoms with Gasteiger partial charge in [0.05, 0.1) is 0 Å². The van der Waals surface area contributed by atoms with Crippen LogP contribution in [0.4, 0.5) is 0 Å². The number of primary amides is 1. The van der Waals surface area contributed by atoms with Crippen LogP contribution >= 0.6 is 0 Å². The van der Waals surface area contributed by atoms with Crippen molar-refractivity contribution in [3.63, 3.8) is 0 Å². The van der Waals surface area contributed by atoms with Crippen molar-refractivity contribution in [1.82, 2.24) is 5.73 Å². The van der Waals surface area contributed by atoms with E-state index in [1.807, 2.05) is 6.07 Å². The Morgan fingerprint density at radius 2 is 1.92 bits per heavy atom. The average Bonchev–Trinajstić information content (AvgIpc) is 2.06. The van der Waals surface area contributed by atoms with E-state index in [1.165, 1.54) is 6.92 Å². The molecule has 1 rings (SSSR count). The summed E-state index contributed by atoms with van der Waals surface area (Å²) in [5, 5.41) is 0. The molecular formula is C9H11N2O. The number of nitrogens with two attached hydrogens (primary N) is 1. The van der Waals surface area contributed by atoms with Gasteiger partial charge in [-0.3, -0.25) is 4.79 Å². The minimum Gasteiger partial charge on any atom is -0.368 e. The highest BCUT2D eigenvalue weighted by molar-refractivity contribution is 5.85. The minimum atomic E-state index is -1.32. The second-order valence-electron chi connectivity index (χ2n) is 2.86. The van der Waals surface area contributed by atoms with Crippen molar-refractivity contribution < 1.29 is 4.79 Å². The van der Waals surface area contributed by atoms with Gasteiger partial charge in [-0.1, -0.05) is 30.3 Å². The molecule has 0 aromatic heterocycles. The zero-order valence-corrected chi connectivity index (χ0v) is 6.87. The molecule has 1 atom stereocenters. The van der Waals surface area contributed by atoms with E-state index in [1.54, 1.807) is 24.3 Å². The normalized spacial score (nSPS) is 15.2. The highest BCUT2D eigenvalue weighted by Gasteiger charge is 2.28. The summed E-state index contributed by atoms with van der Waals surface area (Å²) in [5.74, 6) is -0.631. The monoisotopic (exact) mass is 163 g/mol. The predicted molar refractivity (Wildman–Crippen MR) is 46.1 cm³/mol. The standard InChI is InChI=1S/C9H11N2O/c1-9(11,8(10)12)7-5-3-2-4-6-7/h2-6,11H,1H3,(H2,10,12). The van der Waals surface area contributed by atoms with Crippen LogP contribution in [0.1, 0.15) is 12.5 Å². The van der Waals surface area contributed by atoms with Crippen LogP contribution in [-0.2, 0) is 10.3 Å². The molecule has 0 aliphatic heterocycles. The summed E-state index contributed by atoms with van der Waals surface area (Å²) in [4.78, 5) is 10.9. The molecule has 0 spiro atoms. The Hall–Kier alpha value is -1.35. The minimum absolute atomic E-state index is 0.623. The maximum Gasteiger partial charge on any atom is 0.243 e. The van der Waals surface area contributed by atoms with Crippen LogP contribution in [-0.4, -0.2) is 5.91 Å². The molecule has 1 aromatic carbocycles. The number of amides is 1. The number of nitrogens with one attached hydrogen (secondary N) is 1. The van der Waals surface area contributed by atoms with Gasteiger partial charge >= 0.3 is 0 Å². The number of rotatable bonds is 2. The fourth-order valence-corrected chi connectivity index (χ4v) is 0.914. The van der Waals surface area contributed by atoms with Crippen molar-refractivity contribution >= 4 is 5.91 Å². The molecule has 1 radical (unpaired) electrons. The molecule has 0 bridgehead atoms. The number of carbonyl (C=O) groups is 1. The van der Waals surface area contributed by atoms with Gasteiger partial charge in [0.1, 0.15) is 5.54 Å². The van der Waals surface area contributed by atoms with Crippen molar-refractivity contribution in [3.8, 4) is 0 Å². The quantitative estimate of drug-likeness (QED) is 0.684. The van der Waals surface area contributed by atoms with Crippen molar-refractivity contribution in [3.05, 3.63) is 35.9 Å². The predicted octanol–water partition coefficient (Wildman–Crippen LogP) is 0.670.